The molecule has 0 atom stereocenters. The zero-order valence-electron chi connectivity index (χ0n) is 15.7. The molecular weight excluding hydrogens is 382 g/mol. The Hall–Kier alpha value is -3.78. The van der Waals surface area contributed by atoms with Crippen molar-refractivity contribution in [3.63, 3.8) is 0 Å². The number of allylic oxidation sites excluding steroid dienone is 1. The van der Waals surface area contributed by atoms with Crippen LogP contribution in [0.5, 0.6) is 0 Å². The number of para-hydroxylation sites is 1. The van der Waals surface area contributed by atoms with Crippen LogP contribution in [0.2, 0.25) is 0 Å². The number of benzene rings is 2. The highest BCUT2D eigenvalue weighted by Gasteiger charge is 2.07. The van der Waals surface area contributed by atoms with Gasteiger partial charge in [-0.25, -0.2) is 15.0 Å². The normalized spacial score (nSPS) is 12.3. The molecule has 0 aliphatic rings. The van der Waals surface area contributed by atoms with E-state index in [4.69, 9.17) is 16.5 Å². The summed E-state index contributed by atoms with van der Waals surface area (Å²) in [5, 5.41) is 4.17. The van der Waals surface area contributed by atoms with E-state index < -0.39 is 0 Å². The van der Waals surface area contributed by atoms with Gasteiger partial charge in [0.05, 0.1) is 10.2 Å². The van der Waals surface area contributed by atoms with Crippen LogP contribution in [0.3, 0.4) is 0 Å². The lowest BCUT2D eigenvalue weighted by Gasteiger charge is -2.06. The minimum Gasteiger partial charge on any atom is -0.402 e. The van der Waals surface area contributed by atoms with Gasteiger partial charge in [-0.15, -0.1) is 11.3 Å². The van der Waals surface area contributed by atoms with E-state index in [-0.39, 0.29) is 5.84 Å². The number of anilines is 2. The van der Waals surface area contributed by atoms with Crippen molar-refractivity contribution in [3.05, 3.63) is 72.6 Å². The van der Waals surface area contributed by atoms with Crippen molar-refractivity contribution in [2.75, 3.05) is 5.32 Å². The average molecular weight is 401 g/mol. The van der Waals surface area contributed by atoms with Crippen LogP contribution < -0.4 is 16.8 Å². The number of fused-ring (bicyclic) bond motifs is 1. The molecule has 0 spiro atoms. The Labute approximate surface area is 171 Å². The number of rotatable bonds is 5. The predicted octanol–water partition coefficient (Wildman–Crippen LogP) is 4.35. The van der Waals surface area contributed by atoms with Gasteiger partial charge >= 0.3 is 0 Å². The molecular formula is C21H19N7S. The van der Waals surface area contributed by atoms with E-state index in [1.54, 1.807) is 36.6 Å². The maximum atomic E-state index is 5.83. The number of thiazole rings is 1. The van der Waals surface area contributed by atoms with Crippen LogP contribution in [0.25, 0.3) is 20.8 Å². The Bertz CT molecular complexity index is 1190. The van der Waals surface area contributed by atoms with E-state index in [0.717, 1.165) is 26.5 Å². The van der Waals surface area contributed by atoms with Gasteiger partial charge in [0.1, 0.15) is 10.8 Å². The molecule has 0 amide bonds. The second kappa shape index (κ2) is 8.07. The summed E-state index contributed by atoms with van der Waals surface area (Å²) in [4.78, 5) is 17.6. The lowest BCUT2D eigenvalue weighted by atomic mass is 10.2. The van der Waals surface area contributed by atoms with E-state index >= 15 is 0 Å². The predicted molar refractivity (Wildman–Crippen MR) is 120 cm³/mol. The SMILES string of the molecule is C/C(N)=C/C(N)=Nc1ccnc(Nc2cccc(-c3nc4ccccc4s3)c2)n1. The van der Waals surface area contributed by atoms with Crippen molar-refractivity contribution in [2.24, 2.45) is 16.5 Å². The van der Waals surface area contributed by atoms with Crippen LogP contribution in [-0.2, 0) is 0 Å². The van der Waals surface area contributed by atoms with Gasteiger partial charge in [0.15, 0.2) is 5.82 Å². The first-order valence-corrected chi connectivity index (χ1v) is 9.72. The monoisotopic (exact) mass is 401 g/mol. The number of nitrogens with two attached hydrogens (primary N) is 2. The molecule has 0 bridgehead atoms. The van der Waals surface area contributed by atoms with Gasteiger partial charge in [-0.1, -0.05) is 24.3 Å². The highest BCUT2D eigenvalue weighted by molar-refractivity contribution is 7.21. The number of nitrogens with one attached hydrogen (secondary N) is 1. The van der Waals surface area contributed by atoms with Crippen LogP contribution in [0, 0.1) is 0 Å². The third-order valence-electron chi connectivity index (χ3n) is 3.92. The van der Waals surface area contributed by atoms with Crippen molar-refractivity contribution in [3.8, 4) is 10.6 Å². The van der Waals surface area contributed by atoms with Crippen molar-refractivity contribution in [1.29, 1.82) is 0 Å². The van der Waals surface area contributed by atoms with E-state index in [1.807, 2.05) is 42.5 Å². The van der Waals surface area contributed by atoms with Gasteiger partial charge < -0.3 is 16.8 Å². The Morgan fingerprint density at radius 3 is 2.76 bits per heavy atom. The first-order valence-electron chi connectivity index (χ1n) is 8.91. The molecule has 2 aromatic heterocycles. The maximum Gasteiger partial charge on any atom is 0.229 e. The summed E-state index contributed by atoms with van der Waals surface area (Å²) in [5.74, 6) is 1.15. The third-order valence-corrected chi connectivity index (χ3v) is 5.01. The molecule has 0 aliphatic carbocycles. The standard InChI is InChI=1S/C21H19N7S/c1-13(22)11-18(23)27-19-9-10-24-21(28-19)25-15-6-4-5-14(12-15)20-26-16-7-2-3-8-17(16)29-20/h2-12H,22H2,1H3,(H3,23,24,25,27,28)/b13-11-. The molecule has 4 aromatic rings. The summed E-state index contributed by atoms with van der Waals surface area (Å²) in [6.45, 7) is 1.74. The third kappa shape index (κ3) is 4.56. The molecule has 144 valence electrons. The fourth-order valence-corrected chi connectivity index (χ4v) is 3.69. The van der Waals surface area contributed by atoms with Gasteiger partial charge in [0.25, 0.3) is 0 Å². The van der Waals surface area contributed by atoms with E-state index in [1.165, 1.54) is 0 Å². The van der Waals surface area contributed by atoms with Gasteiger partial charge in [-0.05, 0) is 37.3 Å². The summed E-state index contributed by atoms with van der Waals surface area (Å²) in [7, 11) is 0. The Kier molecular flexibility index (Phi) is 5.17. The Morgan fingerprint density at radius 2 is 1.93 bits per heavy atom. The Balaban J connectivity index is 1.58. The van der Waals surface area contributed by atoms with E-state index in [0.29, 0.717) is 17.5 Å². The molecule has 0 radical (unpaired) electrons. The number of hydrogen-bond acceptors (Lipinski definition) is 7. The number of aromatic nitrogens is 3. The second-order valence-corrected chi connectivity index (χ2v) is 7.39. The molecule has 0 saturated carbocycles. The zero-order valence-corrected chi connectivity index (χ0v) is 16.5. The van der Waals surface area contributed by atoms with Crippen LogP contribution in [0.1, 0.15) is 6.92 Å². The topological polar surface area (TPSA) is 115 Å². The first kappa shape index (κ1) is 18.6. The summed E-state index contributed by atoms with van der Waals surface area (Å²) >= 11 is 1.66. The summed E-state index contributed by atoms with van der Waals surface area (Å²) < 4.78 is 1.16. The van der Waals surface area contributed by atoms with E-state index in [9.17, 15) is 0 Å². The van der Waals surface area contributed by atoms with Crippen molar-refractivity contribution in [1.82, 2.24) is 15.0 Å². The van der Waals surface area contributed by atoms with Crippen LogP contribution in [0.4, 0.5) is 17.5 Å². The molecule has 4 rings (SSSR count). The molecule has 0 aliphatic heterocycles. The summed E-state index contributed by atoms with van der Waals surface area (Å²) in [6.07, 6.45) is 3.20. The van der Waals surface area contributed by atoms with Gasteiger partial charge in [0.2, 0.25) is 5.95 Å². The molecule has 5 N–H and O–H groups in total. The van der Waals surface area contributed by atoms with Crippen LogP contribution in [0.15, 0.2) is 77.6 Å². The molecule has 8 heteroatoms. The minimum atomic E-state index is 0.285. The van der Waals surface area contributed by atoms with Crippen molar-refractivity contribution < 1.29 is 0 Å². The smallest absolute Gasteiger partial charge is 0.229 e. The maximum absolute atomic E-state index is 5.83. The lowest BCUT2D eigenvalue weighted by Crippen LogP contribution is -2.10. The summed E-state index contributed by atoms with van der Waals surface area (Å²) in [6, 6.07) is 17.8. The van der Waals surface area contributed by atoms with Crippen molar-refractivity contribution >= 4 is 44.8 Å². The second-order valence-electron chi connectivity index (χ2n) is 6.36. The number of aliphatic imine (C=N–C) groups is 1. The number of amidine groups is 1. The minimum absolute atomic E-state index is 0.285. The fraction of sp³-hybridized carbons (Fsp3) is 0.0476. The van der Waals surface area contributed by atoms with Gasteiger partial charge in [0, 0.05) is 29.2 Å². The number of hydrogen-bond donors (Lipinski definition) is 3. The average Bonchev–Trinajstić information content (AvgIpc) is 3.12. The fourth-order valence-electron chi connectivity index (χ4n) is 2.72. The van der Waals surface area contributed by atoms with Crippen molar-refractivity contribution in [2.45, 2.75) is 6.92 Å². The molecule has 2 aromatic carbocycles. The lowest BCUT2D eigenvalue weighted by molar-refractivity contribution is 1.15. The molecule has 0 fully saturated rings. The number of nitrogens with zero attached hydrogens (tertiary/aromatic N) is 4. The Morgan fingerprint density at radius 1 is 1.07 bits per heavy atom. The largest absolute Gasteiger partial charge is 0.402 e. The van der Waals surface area contributed by atoms with Crippen LogP contribution >= 0.6 is 11.3 Å². The van der Waals surface area contributed by atoms with E-state index in [2.05, 4.69) is 26.3 Å². The highest BCUT2D eigenvalue weighted by atomic mass is 32.1. The van der Waals surface area contributed by atoms with Crippen LogP contribution in [-0.4, -0.2) is 20.8 Å². The zero-order chi connectivity index (χ0) is 20.2. The quantitative estimate of drug-likeness (QED) is 0.338. The molecule has 0 saturated heterocycles. The van der Waals surface area contributed by atoms with Gasteiger partial charge in [-0.2, -0.15) is 4.98 Å². The summed E-state index contributed by atoms with van der Waals surface area (Å²) in [5.41, 5.74) is 14.9. The molecule has 29 heavy (non-hydrogen) atoms. The molecule has 7 nitrogen and oxygen atoms in total. The molecule has 2 heterocycles. The van der Waals surface area contributed by atoms with Gasteiger partial charge in [-0.3, -0.25) is 0 Å². The highest BCUT2D eigenvalue weighted by Crippen LogP contribution is 2.31. The molecule has 0 unspecified atom stereocenters. The first-order chi connectivity index (χ1) is 14.1.